The number of aryl methyl sites for hydroxylation is 1. The molecule has 1 aliphatic heterocycles. The number of hydrogen-bond donors (Lipinski definition) is 1. The molecule has 0 bridgehead atoms. The van der Waals surface area contributed by atoms with Crippen molar-refractivity contribution in [3.05, 3.63) is 54.1 Å². The highest BCUT2D eigenvalue weighted by Crippen LogP contribution is 2.18. The van der Waals surface area contributed by atoms with Crippen molar-refractivity contribution in [2.24, 2.45) is 0 Å². The summed E-state index contributed by atoms with van der Waals surface area (Å²) in [6.07, 6.45) is 0.250. The Kier molecular flexibility index (Phi) is 6.94. The number of phenolic OH excluding ortho intramolecular Hbond substituents is 1. The molecule has 1 aliphatic rings. The highest BCUT2D eigenvalue weighted by Gasteiger charge is 2.24. The van der Waals surface area contributed by atoms with E-state index < -0.39 is 0 Å². The lowest BCUT2D eigenvalue weighted by molar-refractivity contribution is -0.141. The molecule has 2 amide bonds. The summed E-state index contributed by atoms with van der Waals surface area (Å²) < 4.78 is 11.1. The first kappa shape index (κ1) is 20.5. The second-order valence-corrected chi connectivity index (χ2v) is 6.96. The van der Waals surface area contributed by atoms with Crippen LogP contribution in [-0.4, -0.2) is 66.1 Å². The van der Waals surface area contributed by atoms with Gasteiger partial charge in [-0.25, -0.2) is 0 Å². The van der Waals surface area contributed by atoms with Crippen molar-refractivity contribution in [2.75, 3.05) is 39.4 Å². The Morgan fingerprint density at radius 3 is 2.17 bits per heavy atom. The fourth-order valence-corrected chi connectivity index (χ4v) is 3.13. The number of amides is 2. The van der Waals surface area contributed by atoms with Crippen LogP contribution in [0.5, 0.6) is 17.2 Å². The number of aromatic hydroxyl groups is 1. The number of piperazine rings is 1. The van der Waals surface area contributed by atoms with Crippen molar-refractivity contribution >= 4 is 11.8 Å². The molecular weight excluding hydrogens is 372 g/mol. The molecule has 29 heavy (non-hydrogen) atoms. The van der Waals surface area contributed by atoms with Crippen LogP contribution in [0.4, 0.5) is 0 Å². The van der Waals surface area contributed by atoms with Crippen LogP contribution in [-0.2, 0) is 9.59 Å². The number of nitrogens with zero attached hydrogens (tertiary/aromatic N) is 2. The van der Waals surface area contributed by atoms with Gasteiger partial charge in [0.25, 0.3) is 5.91 Å². The van der Waals surface area contributed by atoms with Crippen LogP contribution in [0.2, 0.25) is 0 Å². The first-order chi connectivity index (χ1) is 14.0. The molecule has 0 aliphatic carbocycles. The number of phenols is 1. The average Bonchev–Trinajstić information content (AvgIpc) is 2.72. The predicted octanol–water partition coefficient (Wildman–Crippen LogP) is 2.22. The van der Waals surface area contributed by atoms with E-state index in [1.165, 1.54) is 6.07 Å². The minimum Gasteiger partial charge on any atom is -0.508 e. The SMILES string of the molecule is Cc1cccc(OCC(=O)N2CCN(C(=O)CCOc3cccc(O)c3)CC2)c1. The van der Waals surface area contributed by atoms with Gasteiger partial charge in [0.05, 0.1) is 13.0 Å². The Bertz CT molecular complexity index is 847. The van der Waals surface area contributed by atoms with Crippen molar-refractivity contribution in [2.45, 2.75) is 13.3 Å². The Hall–Kier alpha value is -3.22. The second-order valence-electron chi connectivity index (χ2n) is 6.96. The van der Waals surface area contributed by atoms with Crippen LogP contribution in [0.15, 0.2) is 48.5 Å². The van der Waals surface area contributed by atoms with Crippen LogP contribution in [0.1, 0.15) is 12.0 Å². The molecular formula is C22H26N2O5. The van der Waals surface area contributed by atoms with Gasteiger partial charge in [0.15, 0.2) is 6.61 Å². The molecule has 7 nitrogen and oxygen atoms in total. The molecule has 0 radical (unpaired) electrons. The zero-order valence-corrected chi connectivity index (χ0v) is 16.5. The summed E-state index contributed by atoms with van der Waals surface area (Å²) in [5, 5.41) is 9.41. The topological polar surface area (TPSA) is 79.3 Å². The van der Waals surface area contributed by atoms with E-state index in [-0.39, 0.29) is 37.2 Å². The van der Waals surface area contributed by atoms with Gasteiger partial charge in [-0.3, -0.25) is 9.59 Å². The van der Waals surface area contributed by atoms with Crippen LogP contribution in [0.3, 0.4) is 0 Å². The van der Waals surface area contributed by atoms with E-state index in [0.717, 1.165) is 5.56 Å². The highest BCUT2D eigenvalue weighted by atomic mass is 16.5. The Morgan fingerprint density at radius 2 is 1.52 bits per heavy atom. The van der Waals surface area contributed by atoms with Gasteiger partial charge in [-0.1, -0.05) is 18.2 Å². The van der Waals surface area contributed by atoms with E-state index in [1.807, 2.05) is 31.2 Å². The normalized spacial score (nSPS) is 13.8. The number of ether oxygens (including phenoxy) is 2. The van der Waals surface area contributed by atoms with Crippen LogP contribution >= 0.6 is 0 Å². The molecule has 2 aromatic rings. The third-order valence-corrected chi connectivity index (χ3v) is 4.74. The third kappa shape index (κ3) is 6.14. The molecule has 2 aromatic carbocycles. The lowest BCUT2D eigenvalue weighted by Gasteiger charge is -2.34. The summed E-state index contributed by atoms with van der Waals surface area (Å²) >= 11 is 0. The maximum atomic E-state index is 12.3. The molecule has 154 valence electrons. The summed E-state index contributed by atoms with van der Waals surface area (Å²) in [4.78, 5) is 28.2. The molecule has 1 N–H and O–H groups in total. The lowest BCUT2D eigenvalue weighted by atomic mass is 10.2. The van der Waals surface area contributed by atoms with Crippen molar-refractivity contribution in [3.63, 3.8) is 0 Å². The largest absolute Gasteiger partial charge is 0.508 e. The number of carbonyl (C=O) groups excluding carboxylic acids is 2. The van der Waals surface area contributed by atoms with Crippen LogP contribution < -0.4 is 9.47 Å². The van der Waals surface area contributed by atoms with Crippen molar-refractivity contribution in [1.82, 2.24) is 9.80 Å². The van der Waals surface area contributed by atoms with Gasteiger partial charge in [-0.15, -0.1) is 0 Å². The molecule has 3 rings (SSSR count). The fourth-order valence-electron chi connectivity index (χ4n) is 3.13. The Balaban J connectivity index is 1.36. The van der Waals surface area contributed by atoms with Crippen molar-refractivity contribution < 1.29 is 24.2 Å². The van der Waals surface area contributed by atoms with Crippen LogP contribution in [0.25, 0.3) is 0 Å². The zero-order chi connectivity index (χ0) is 20.6. The smallest absolute Gasteiger partial charge is 0.260 e. The van der Waals surface area contributed by atoms with Gasteiger partial charge in [0, 0.05) is 32.2 Å². The van der Waals surface area contributed by atoms with E-state index in [2.05, 4.69) is 0 Å². The van der Waals surface area contributed by atoms with Crippen molar-refractivity contribution in [1.29, 1.82) is 0 Å². The second kappa shape index (κ2) is 9.82. The predicted molar refractivity (Wildman–Crippen MR) is 108 cm³/mol. The van der Waals surface area contributed by atoms with Gasteiger partial charge >= 0.3 is 0 Å². The average molecular weight is 398 g/mol. The van der Waals surface area contributed by atoms with Gasteiger partial charge in [-0.2, -0.15) is 0 Å². The molecule has 1 fully saturated rings. The number of benzene rings is 2. The van der Waals surface area contributed by atoms with Gasteiger partial charge in [0.2, 0.25) is 5.91 Å². The molecule has 0 spiro atoms. The van der Waals surface area contributed by atoms with Gasteiger partial charge < -0.3 is 24.4 Å². The van der Waals surface area contributed by atoms with Gasteiger partial charge in [0.1, 0.15) is 17.2 Å². The fraction of sp³-hybridized carbons (Fsp3) is 0.364. The van der Waals surface area contributed by atoms with E-state index in [1.54, 1.807) is 28.0 Å². The first-order valence-corrected chi connectivity index (χ1v) is 9.68. The monoisotopic (exact) mass is 398 g/mol. The molecule has 7 heteroatoms. The number of hydrogen-bond acceptors (Lipinski definition) is 5. The lowest BCUT2D eigenvalue weighted by Crippen LogP contribution is -2.51. The third-order valence-electron chi connectivity index (χ3n) is 4.74. The standard InChI is InChI=1S/C22H26N2O5/c1-17-4-2-6-19(14-17)29-16-22(27)24-11-9-23(10-12-24)21(26)8-13-28-20-7-3-5-18(25)15-20/h2-7,14-15,25H,8-13,16H2,1H3. The Morgan fingerprint density at radius 1 is 0.897 bits per heavy atom. The van der Waals surface area contributed by atoms with E-state index in [4.69, 9.17) is 9.47 Å². The minimum atomic E-state index is -0.0779. The van der Waals surface area contributed by atoms with E-state index in [9.17, 15) is 14.7 Å². The summed E-state index contributed by atoms with van der Waals surface area (Å²) in [7, 11) is 0. The number of carbonyl (C=O) groups is 2. The molecule has 1 saturated heterocycles. The maximum Gasteiger partial charge on any atom is 0.260 e. The first-order valence-electron chi connectivity index (χ1n) is 9.68. The summed E-state index contributed by atoms with van der Waals surface area (Å²) in [5.74, 6) is 1.25. The summed E-state index contributed by atoms with van der Waals surface area (Å²) in [6.45, 7) is 4.20. The molecule has 0 unspecified atom stereocenters. The highest BCUT2D eigenvalue weighted by molar-refractivity contribution is 5.79. The zero-order valence-electron chi connectivity index (χ0n) is 16.5. The molecule has 0 saturated carbocycles. The molecule has 0 atom stereocenters. The molecule has 1 heterocycles. The molecule has 0 aromatic heterocycles. The van der Waals surface area contributed by atoms with Crippen LogP contribution in [0, 0.1) is 6.92 Å². The van der Waals surface area contributed by atoms with Gasteiger partial charge in [-0.05, 0) is 36.8 Å². The Labute approximate surface area is 170 Å². The van der Waals surface area contributed by atoms with E-state index >= 15 is 0 Å². The van der Waals surface area contributed by atoms with Crippen molar-refractivity contribution in [3.8, 4) is 17.2 Å². The number of rotatable bonds is 7. The minimum absolute atomic E-state index is 0.00480. The summed E-state index contributed by atoms with van der Waals surface area (Å²) in [5.41, 5.74) is 1.08. The maximum absolute atomic E-state index is 12.3. The van der Waals surface area contributed by atoms with E-state index in [0.29, 0.717) is 37.7 Å². The summed E-state index contributed by atoms with van der Waals surface area (Å²) in [6, 6.07) is 14.1. The quantitative estimate of drug-likeness (QED) is 0.774.